The summed E-state index contributed by atoms with van der Waals surface area (Å²) >= 11 is 0. The van der Waals surface area contributed by atoms with Crippen LogP contribution in [0.1, 0.15) is 45.4 Å². The molecule has 0 saturated carbocycles. The monoisotopic (exact) mass is 279 g/mol. The quantitative estimate of drug-likeness (QED) is 0.738. The summed E-state index contributed by atoms with van der Waals surface area (Å²) in [6.45, 7) is 11.0. The zero-order valence-corrected chi connectivity index (χ0v) is 13.0. The van der Waals surface area contributed by atoms with Gasteiger partial charge in [0, 0.05) is 13.1 Å². The zero-order chi connectivity index (χ0) is 14.2. The fourth-order valence-corrected chi connectivity index (χ4v) is 2.95. The van der Waals surface area contributed by atoms with Crippen molar-refractivity contribution in [3.63, 3.8) is 0 Å². The summed E-state index contributed by atoms with van der Waals surface area (Å²) in [4.78, 5) is 6.96. The Balaban J connectivity index is 1.81. The van der Waals surface area contributed by atoms with Gasteiger partial charge in [-0.25, -0.2) is 9.67 Å². The smallest absolute Gasteiger partial charge is 0.141 e. The van der Waals surface area contributed by atoms with E-state index in [2.05, 4.69) is 38.8 Å². The molecule has 0 radical (unpaired) electrons. The number of nitrogens with one attached hydrogen (secondary N) is 1. The molecule has 1 saturated heterocycles. The maximum absolute atomic E-state index is 4.42. The summed E-state index contributed by atoms with van der Waals surface area (Å²) in [6, 6.07) is 0. The maximum Gasteiger partial charge on any atom is 0.141 e. The molecular formula is C15H29N5. The average Bonchev–Trinajstić information content (AvgIpc) is 2.87. The van der Waals surface area contributed by atoms with Crippen LogP contribution in [0.5, 0.6) is 0 Å². The minimum Gasteiger partial charge on any atom is -0.316 e. The van der Waals surface area contributed by atoms with E-state index in [1.165, 1.54) is 32.4 Å². The first kappa shape index (κ1) is 15.4. The van der Waals surface area contributed by atoms with E-state index in [0.29, 0.717) is 0 Å². The van der Waals surface area contributed by atoms with Gasteiger partial charge in [0.15, 0.2) is 0 Å². The molecule has 1 atom stereocenters. The second-order valence-corrected chi connectivity index (χ2v) is 5.85. The normalized spacial score (nSPS) is 20.4. The molecule has 2 rings (SSSR count). The highest BCUT2D eigenvalue weighted by atomic mass is 15.3. The fourth-order valence-electron chi connectivity index (χ4n) is 2.95. The summed E-state index contributed by atoms with van der Waals surface area (Å²) in [6.07, 6.45) is 6.68. The molecule has 1 aliphatic rings. The average molecular weight is 279 g/mol. The largest absolute Gasteiger partial charge is 0.316 e. The molecule has 0 aliphatic carbocycles. The van der Waals surface area contributed by atoms with Crippen molar-refractivity contribution in [1.82, 2.24) is 25.0 Å². The van der Waals surface area contributed by atoms with E-state index in [0.717, 1.165) is 44.3 Å². The third kappa shape index (κ3) is 4.56. The van der Waals surface area contributed by atoms with E-state index in [1.807, 2.05) is 0 Å². The lowest BCUT2D eigenvalue weighted by Gasteiger charge is -2.32. The highest BCUT2D eigenvalue weighted by Crippen LogP contribution is 2.17. The van der Waals surface area contributed by atoms with Crippen LogP contribution in [0.2, 0.25) is 0 Å². The fraction of sp³-hybridized carbons (Fsp3) is 0.867. The van der Waals surface area contributed by atoms with E-state index in [4.69, 9.17) is 0 Å². The third-order valence-corrected chi connectivity index (χ3v) is 3.96. The Labute approximate surface area is 122 Å². The first-order chi connectivity index (χ1) is 9.83. The van der Waals surface area contributed by atoms with Gasteiger partial charge in [-0.05, 0) is 51.2 Å². The molecule has 0 bridgehead atoms. The first-order valence-electron chi connectivity index (χ1n) is 8.13. The molecule has 1 unspecified atom stereocenters. The lowest BCUT2D eigenvalue weighted by molar-refractivity contribution is 0.159. The lowest BCUT2D eigenvalue weighted by atomic mass is 9.98. The number of nitrogens with zero attached hydrogens (tertiary/aromatic N) is 4. The van der Waals surface area contributed by atoms with Gasteiger partial charge >= 0.3 is 0 Å². The van der Waals surface area contributed by atoms with Gasteiger partial charge in [0.05, 0.1) is 6.54 Å². The number of aryl methyl sites for hydroxylation is 1. The number of hydrogen-bond donors (Lipinski definition) is 1. The summed E-state index contributed by atoms with van der Waals surface area (Å²) in [5.41, 5.74) is 0. The van der Waals surface area contributed by atoms with E-state index >= 15 is 0 Å². The van der Waals surface area contributed by atoms with Crippen molar-refractivity contribution >= 4 is 0 Å². The predicted octanol–water partition coefficient (Wildman–Crippen LogP) is 1.90. The van der Waals surface area contributed by atoms with Gasteiger partial charge in [0.25, 0.3) is 0 Å². The molecule has 5 nitrogen and oxygen atoms in total. The van der Waals surface area contributed by atoms with E-state index in [9.17, 15) is 0 Å². The second-order valence-electron chi connectivity index (χ2n) is 5.85. The van der Waals surface area contributed by atoms with Crippen LogP contribution < -0.4 is 5.32 Å². The summed E-state index contributed by atoms with van der Waals surface area (Å²) in [5, 5.41) is 7.87. The summed E-state index contributed by atoms with van der Waals surface area (Å²) in [5.74, 6) is 1.91. The maximum atomic E-state index is 4.42. The highest BCUT2D eigenvalue weighted by Gasteiger charge is 2.20. The van der Waals surface area contributed by atoms with Crippen molar-refractivity contribution in [1.29, 1.82) is 0 Å². The molecule has 114 valence electrons. The second kappa shape index (κ2) is 8.37. The van der Waals surface area contributed by atoms with E-state index < -0.39 is 0 Å². The standard InChI is InChI=1S/C15H29N5/c1-3-7-16-10-14-6-5-9-19(11-14)12-15-17-13-18-20(15)8-4-2/h13-14,16H,3-12H2,1-2H3. The Morgan fingerprint density at radius 3 is 3.05 bits per heavy atom. The van der Waals surface area contributed by atoms with Crippen LogP contribution in [0.4, 0.5) is 0 Å². The SMILES string of the molecule is CCCNCC1CCCN(Cc2ncnn2CCC)C1. The van der Waals surface area contributed by atoms with Crippen LogP contribution in [0.25, 0.3) is 0 Å². The molecule has 1 aliphatic heterocycles. The predicted molar refractivity (Wildman–Crippen MR) is 81.5 cm³/mol. The number of rotatable bonds is 8. The Hall–Kier alpha value is -0.940. The number of piperidine rings is 1. The third-order valence-electron chi connectivity index (χ3n) is 3.96. The van der Waals surface area contributed by atoms with Crippen LogP contribution in [0, 0.1) is 5.92 Å². The summed E-state index contributed by atoms with van der Waals surface area (Å²) in [7, 11) is 0. The zero-order valence-electron chi connectivity index (χ0n) is 13.0. The number of likely N-dealkylation sites (tertiary alicyclic amines) is 1. The molecule has 0 spiro atoms. The van der Waals surface area contributed by atoms with Gasteiger partial charge in [-0.15, -0.1) is 0 Å². The van der Waals surface area contributed by atoms with Crippen LogP contribution in [0.15, 0.2) is 6.33 Å². The van der Waals surface area contributed by atoms with Gasteiger partial charge in [-0.1, -0.05) is 13.8 Å². The molecule has 20 heavy (non-hydrogen) atoms. The molecule has 1 N–H and O–H groups in total. The van der Waals surface area contributed by atoms with Crippen molar-refractivity contribution < 1.29 is 0 Å². The summed E-state index contributed by atoms with van der Waals surface area (Å²) < 4.78 is 2.05. The Bertz CT molecular complexity index is 376. The van der Waals surface area contributed by atoms with Crippen molar-refractivity contribution in [2.24, 2.45) is 5.92 Å². The van der Waals surface area contributed by atoms with Crippen LogP contribution >= 0.6 is 0 Å². The molecule has 1 fully saturated rings. The minimum absolute atomic E-state index is 0.790. The van der Waals surface area contributed by atoms with E-state index in [-0.39, 0.29) is 0 Å². The van der Waals surface area contributed by atoms with Crippen LogP contribution in [-0.4, -0.2) is 45.8 Å². The Kier molecular flexibility index (Phi) is 6.47. The van der Waals surface area contributed by atoms with Crippen LogP contribution in [0.3, 0.4) is 0 Å². The van der Waals surface area contributed by atoms with Gasteiger partial charge in [-0.2, -0.15) is 5.10 Å². The highest BCUT2D eigenvalue weighted by molar-refractivity contribution is 4.86. The van der Waals surface area contributed by atoms with Crippen molar-refractivity contribution in [2.75, 3.05) is 26.2 Å². The lowest BCUT2D eigenvalue weighted by Crippen LogP contribution is -2.39. The van der Waals surface area contributed by atoms with Gasteiger partial charge < -0.3 is 5.32 Å². The van der Waals surface area contributed by atoms with E-state index in [1.54, 1.807) is 6.33 Å². The van der Waals surface area contributed by atoms with Crippen LogP contribution in [-0.2, 0) is 13.1 Å². The number of hydrogen-bond acceptors (Lipinski definition) is 4. The number of aromatic nitrogens is 3. The Morgan fingerprint density at radius 1 is 1.35 bits per heavy atom. The van der Waals surface area contributed by atoms with Crippen molar-refractivity contribution in [3.05, 3.63) is 12.2 Å². The molecule has 0 amide bonds. The molecule has 0 aromatic carbocycles. The Morgan fingerprint density at radius 2 is 2.25 bits per heavy atom. The van der Waals surface area contributed by atoms with Gasteiger partial charge in [0.2, 0.25) is 0 Å². The van der Waals surface area contributed by atoms with Gasteiger partial charge in [-0.3, -0.25) is 4.90 Å². The first-order valence-corrected chi connectivity index (χ1v) is 8.13. The molecular weight excluding hydrogens is 250 g/mol. The van der Waals surface area contributed by atoms with Crippen molar-refractivity contribution in [2.45, 2.75) is 52.6 Å². The molecule has 2 heterocycles. The molecule has 1 aromatic heterocycles. The van der Waals surface area contributed by atoms with Gasteiger partial charge in [0.1, 0.15) is 12.2 Å². The molecule has 5 heteroatoms. The minimum atomic E-state index is 0.790. The van der Waals surface area contributed by atoms with Crippen molar-refractivity contribution in [3.8, 4) is 0 Å². The molecule has 1 aromatic rings. The topological polar surface area (TPSA) is 46.0 Å².